The van der Waals surface area contributed by atoms with E-state index in [1.807, 2.05) is 36.4 Å². The lowest BCUT2D eigenvalue weighted by atomic mass is 10.2. The van der Waals surface area contributed by atoms with Gasteiger partial charge in [-0.1, -0.05) is 23.7 Å². The molecule has 8 heteroatoms. The monoisotopic (exact) mass is 431 g/mol. The Hall–Kier alpha value is -2.64. The van der Waals surface area contributed by atoms with Crippen LogP contribution in [0.5, 0.6) is 0 Å². The molecule has 2 aromatic rings. The van der Waals surface area contributed by atoms with E-state index < -0.39 is 6.04 Å². The van der Waals surface area contributed by atoms with Gasteiger partial charge in [-0.2, -0.15) is 0 Å². The first kappa shape index (κ1) is 21.1. The lowest BCUT2D eigenvalue weighted by Crippen LogP contribution is -2.48. The molecule has 1 saturated heterocycles. The zero-order chi connectivity index (χ0) is 20.8. The predicted octanol–water partition coefficient (Wildman–Crippen LogP) is 2.93. The van der Waals surface area contributed by atoms with Crippen LogP contribution in [0.25, 0.3) is 16.5 Å². The molecule has 0 radical (unpaired) electrons. The molecule has 0 aliphatic carbocycles. The summed E-state index contributed by atoms with van der Waals surface area (Å²) >= 11 is 7.47. The van der Waals surface area contributed by atoms with Gasteiger partial charge >= 0.3 is 0 Å². The molecule has 2 heterocycles. The average Bonchev–Trinajstić information content (AvgIpc) is 3.40. The Bertz CT molecular complexity index is 924. The van der Waals surface area contributed by atoms with Crippen molar-refractivity contribution < 1.29 is 14.4 Å². The van der Waals surface area contributed by atoms with E-state index in [9.17, 15) is 14.4 Å². The number of amides is 3. The Morgan fingerprint density at radius 2 is 1.97 bits per heavy atom. The first-order valence-electron chi connectivity index (χ1n) is 9.30. The lowest BCUT2D eigenvalue weighted by Gasteiger charge is -2.23. The van der Waals surface area contributed by atoms with Gasteiger partial charge in [0.25, 0.3) is 0 Å². The summed E-state index contributed by atoms with van der Waals surface area (Å²) in [6.07, 6.45) is 4.55. The fourth-order valence-corrected chi connectivity index (χ4v) is 4.24. The van der Waals surface area contributed by atoms with Crippen molar-refractivity contribution in [1.29, 1.82) is 0 Å². The molecule has 3 rings (SSSR count). The van der Waals surface area contributed by atoms with Crippen molar-refractivity contribution in [3.8, 4) is 10.4 Å². The second-order valence-corrected chi connectivity index (χ2v) is 8.17. The van der Waals surface area contributed by atoms with E-state index in [1.165, 1.54) is 11.0 Å². The van der Waals surface area contributed by atoms with E-state index >= 15 is 0 Å². The number of nitrogens with one attached hydrogen (secondary N) is 2. The number of hydrogen-bond donors (Lipinski definition) is 2. The number of thiophene rings is 1. The van der Waals surface area contributed by atoms with Crippen molar-refractivity contribution in [2.24, 2.45) is 0 Å². The van der Waals surface area contributed by atoms with Crippen LogP contribution >= 0.6 is 22.9 Å². The Morgan fingerprint density at radius 3 is 2.69 bits per heavy atom. The predicted molar refractivity (Wildman–Crippen MR) is 116 cm³/mol. The molecule has 152 valence electrons. The molecule has 1 aliphatic rings. The van der Waals surface area contributed by atoms with Crippen LogP contribution in [0.3, 0.4) is 0 Å². The van der Waals surface area contributed by atoms with E-state index in [0.717, 1.165) is 21.7 Å². The quantitative estimate of drug-likeness (QED) is 0.690. The van der Waals surface area contributed by atoms with Crippen LogP contribution < -0.4 is 10.6 Å². The van der Waals surface area contributed by atoms with Crippen LogP contribution in [0.1, 0.15) is 17.7 Å². The van der Waals surface area contributed by atoms with Crippen molar-refractivity contribution in [1.82, 2.24) is 15.5 Å². The third-order valence-electron chi connectivity index (χ3n) is 4.69. The van der Waals surface area contributed by atoms with Crippen molar-refractivity contribution in [2.75, 3.05) is 20.1 Å². The van der Waals surface area contributed by atoms with Crippen LogP contribution in [0.15, 0.2) is 42.5 Å². The minimum atomic E-state index is -0.447. The molecule has 0 saturated carbocycles. The Labute approximate surface area is 178 Å². The summed E-state index contributed by atoms with van der Waals surface area (Å²) in [7, 11) is 1.55. The maximum Gasteiger partial charge on any atom is 0.244 e. The van der Waals surface area contributed by atoms with Gasteiger partial charge in [0, 0.05) is 34.4 Å². The Balaban J connectivity index is 1.52. The summed E-state index contributed by atoms with van der Waals surface area (Å²) in [5.74, 6) is -0.772. The summed E-state index contributed by atoms with van der Waals surface area (Å²) in [6.45, 7) is 0.405. The maximum absolute atomic E-state index is 12.3. The SMILES string of the molecule is CNC(=O)C1CCCN1C(=O)CNC(=O)C=Cc1ccc(-c2ccc(Cl)cc2)s1. The number of likely N-dealkylation sites (tertiary alicyclic amines) is 1. The van der Waals surface area contributed by atoms with E-state index in [4.69, 9.17) is 11.6 Å². The van der Waals surface area contributed by atoms with Crippen molar-refractivity contribution in [3.63, 3.8) is 0 Å². The van der Waals surface area contributed by atoms with Crippen LogP contribution in [0.2, 0.25) is 5.02 Å². The lowest BCUT2D eigenvalue weighted by molar-refractivity contribution is -0.138. The molecule has 29 heavy (non-hydrogen) atoms. The number of carbonyl (C=O) groups is 3. The first-order valence-corrected chi connectivity index (χ1v) is 10.5. The maximum atomic E-state index is 12.3. The molecule has 1 unspecified atom stereocenters. The smallest absolute Gasteiger partial charge is 0.244 e. The van der Waals surface area contributed by atoms with E-state index in [1.54, 1.807) is 24.5 Å². The van der Waals surface area contributed by atoms with Crippen molar-refractivity contribution in [3.05, 3.63) is 52.4 Å². The number of halogens is 1. The molecule has 2 N–H and O–H groups in total. The van der Waals surface area contributed by atoms with Gasteiger partial charge in [0.05, 0.1) is 6.54 Å². The molecule has 1 atom stereocenters. The zero-order valence-electron chi connectivity index (χ0n) is 16.0. The third-order valence-corrected chi connectivity index (χ3v) is 6.04. The first-order chi connectivity index (χ1) is 14.0. The Kier molecular flexibility index (Phi) is 7.06. The fraction of sp³-hybridized carbons (Fsp3) is 0.286. The molecule has 0 bridgehead atoms. The van der Waals surface area contributed by atoms with E-state index in [0.29, 0.717) is 18.0 Å². The molecule has 0 spiro atoms. The summed E-state index contributed by atoms with van der Waals surface area (Å²) in [6, 6.07) is 11.0. The number of rotatable bonds is 6. The second-order valence-electron chi connectivity index (χ2n) is 6.62. The second kappa shape index (κ2) is 9.71. The molecule has 3 amide bonds. The summed E-state index contributed by atoms with van der Waals surface area (Å²) in [5, 5.41) is 5.86. The van der Waals surface area contributed by atoms with E-state index in [2.05, 4.69) is 10.6 Å². The van der Waals surface area contributed by atoms with Gasteiger partial charge in [0.15, 0.2) is 0 Å². The van der Waals surface area contributed by atoms with Gasteiger partial charge < -0.3 is 15.5 Å². The molecule has 6 nitrogen and oxygen atoms in total. The highest BCUT2D eigenvalue weighted by Crippen LogP contribution is 2.29. The van der Waals surface area contributed by atoms with Gasteiger partial charge in [-0.3, -0.25) is 14.4 Å². The number of carbonyl (C=O) groups excluding carboxylic acids is 3. The molecular formula is C21H22ClN3O3S. The number of likely N-dealkylation sites (N-methyl/N-ethyl adjacent to an activating group) is 1. The average molecular weight is 432 g/mol. The minimum Gasteiger partial charge on any atom is -0.357 e. The van der Waals surface area contributed by atoms with Crippen LogP contribution in [0, 0.1) is 0 Å². The zero-order valence-corrected chi connectivity index (χ0v) is 17.6. The highest BCUT2D eigenvalue weighted by molar-refractivity contribution is 7.16. The number of benzene rings is 1. The topological polar surface area (TPSA) is 78.5 Å². The molecule has 1 aromatic carbocycles. The van der Waals surface area contributed by atoms with Crippen LogP contribution in [-0.4, -0.2) is 48.8 Å². The van der Waals surface area contributed by atoms with Gasteiger partial charge in [-0.15, -0.1) is 11.3 Å². The fourth-order valence-electron chi connectivity index (χ4n) is 3.20. The number of hydrogen-bond acceptors (Lipinski definition) is 4. The third kappa shape index (κ3) is 5.46. The van der Waals surface area contributed by atoms with Gasteiger partial charge in [-0.25, -0.2) is 0 Å². The molecular weight excluding hydrogens is 410 g/mol. The largest absolute Gasteiger partial charge is 0.357 e. The highest BCUT2D eigenvalue weighted by Gasteiger charge is 2.33. The standard InChI is InChI=1S/C21H22ClN3O3S/c1-23-21(28)17-3-2-12-25(17)20(27)13-24-19(26)11-9-16-8-10-18(29-16)14-4-6-15(22)7-5-14/h4-11,17H,2-3,12-13H2,1H3,(H,23,28)(H,24,26). The van der Waals surface area contributed by atoms with Gasteiger partial charge in [0.2, 0.25) is 17.7 Å². The van der Waals surface area contributed by atoms with Gasteiger partial charge in [-0.05, 0) is 48.7 Å². The number of nitrogens with zero attached hydrogens (tertiary/aromatic N) is 1. The molecule has 1 aromatic heterocycles. The summed E-state index contributed by atoms with van der Waals surface area (Å²) in [4.78, 5) is 39.8. The van der Waals surface area contributed by atoms with Crippen LogP contribution in [-0.2, 0) is 14.4 Å². The van der Waals surface area contributed by atoms with Gasteiger partial charge in [0.1, 0.15) is 6.04 Å². The van der Waals surface area contributed by atoms with Crippen LogP contribution in [0.4, 0.5) is 0 Å². The summed E-state index contributed by atoms with van der Waals surface area (Å²) in [5.41, 5.74) is 1.06. The highest BCUT2D eigenvalue weighted by atomic mass is 35.5. The van der Waals surface area contributed by atoms with Crippen molar-refractivity contribution >= 4 is 46.7 Å². The summed E-state index contributed by atoms with van der Waals surface area (Å²) < 4.78 is 0. The minimum absolute atomic E-state index is 0.128. The normalized spacial score (nSPS) is 16.2. The van der Waals surface area contributed by atoms with Crippen molar-refractivity contribution in [2.45, 2.75) is 18.9 Å². The molecule has 1 aliphatic heterocycles. The molecule has 1 fully saturated rings. The Morgan fingerprint density at radius 1 is 1.21 bits per heavy atom. The van der Waals surface area contributed by atoms with E-state index in [-0.39, 0.29) is 24.3 Å².